The molecule has 0 spiro atoms. The molecule has 0 saturated heterocycles. The number of ether oxygens (including phenoxy) is 6. The van der Waals surface area contributed by atoms with Gasteiger partial charge < -0.3 is 39.1 Å². The van der Waals surface area contributed by atoms with Crippen LogP contribution in [0.15, 0.2) is 47.4 Å². The smallest absolute Gasteiger partial charge is 0.231 e. The van der Waals surface area contributed by atoms with Gasteiger partial charge in [-0.25, -0.2) is 4.98 Å². The summed E-state index contributed by atoms with van der Waals surface area (Å²) in [6.45, 7) is 0. The van der Waals surface area contributed by atoms with E-state index in [-0.39, 0.29) is 0 Å². The summed E-state index contributed by atoms with van der Waals surface area (Å²) in [6, 6.07) is 9.12. The lowest BCUT2D eigenvalue weighted by Crippen LogP contribution is -2.05. The first-order chi connectivity index (χ1) is 19.5. The van der Waals surface area contributed by atoms with Crippen LogP contribution in [-0.4, -0.2) is 62.2 Å². The number of anilines is 4. The Hall–Kier alpha value is -4.91. The molecule has 5 rings (SSSR count). The number of hydrogen-bond acceptors (Lipinski definition) is 12. The molecule has 2 N–H and O–H groups in total. The Labute approximate surface area is 234 Å². The number of nitrogens with zero attached hydrogens (tertiary/aromatic N) is 4. The lowest BCUT2D eigenvalue weighted by atomic mass is 10.2. The second-order valence-electron chi connectivity index (χ2n) is 8.24. The minimum absolute atomic E-state index is 0.314. The molecule has 0 aliphatic rings. The van der Waals surface area contributed by atoms with Crippen molar-refractivity contribution >= 4 is 45.6 Å². The molecule has 0 amide bonds. The highest BCUT2D eigenvalue weighted by Gasteiger charge is 2.19. The first kappa shape index (κ1) is 26.7. The molecule has 5 aromatic rings. The molecular formula is C27H28N6O6S. The molecule has 0 unspecified atom stereocenters. The van der Waals surface area contributed by atoms with E-state index in [1.54, 1.807) is 84.6 Å². The van der Waals surface area contributed by atoms with Crippen LogP contribution in [0, 0.1) is 0 Å². The highest BCUT2D eigenvalue weighted by atomic mass is 32.1. The third-order valence-electron chi connectivity index (χ3n) is 6.03. The molecule has 0 aliphatic carbocycles. The standard InChI is InChI=1S/C27H28N6O6S/c1-34-18-9-15(10-19(35-2)23(18)38-5)29-25-22-26(33(14-28-22)17-7-8-40-13-17)32-27(31-25)30-16-11-20(36-3)24(39-6)21(12-16)37-4/h7-14H,1-6H3,(H2,29,30,31,32). The zero-order valence-corrected chi connectivity index (χ0v) is 23.6. The summed E-state index contributed by atoms with van der Waals surface area (Å²) in [4.78, 5) is 14.2. The summed E-state index contributed by atoms with van der Waals surface area (Å²) in [5.74, 6) is 3.71. The fraction of sp³-hybridized carbons (Fsp3) is 0.222. The molecule has 13 heteroatoms. The van der Waals surface area contributed by atoms with Gasteiger partial charge in [0.25, 0.3) is 0 Å². The molecule has 208 valence electrons. The van der Waals surface area contributed by atoms with Gasteiger partial charge in [-0.2, -0.15) is 21.3 Å². The first-order valence-electron chi connectivity index (χ1n) is 11.9. The van der Waals surface area contributed by atoms with Crippen molar-refractivity contribution in [1.29, 1.82) is 0 Å². The molecule has 12 nitrogen and oxygen atoms in total. The van der Waals surface area contributed by atoms with Gasteiger partial charge in [0.15, 0.2) is 40.0 Å². The number of fused-ring (bicyclic) bond motifs is 1. The van der Waals surface area contributed by atoms with Crippen LogP contribution in [0.2, 0.25) is 0 Å². The molecule has 0 fully saturated rings. The van der Waals surface area contributed by atoms with Crippen molar-refractivity contribution in [2.45, 2.75) is 0 Å². The third kappa shape index (κ3) is 4.94. The number of benzene rings is 2. The predicted molar refractivity (Wildman–Crippen MR) is 153 cm³/mol. The SMILES string of the molecule is COc1cc(Nc2nc(Nc3cc(OC)c(OC)c(OC)c3)c3ncn(-c4ccsc4)c3n2)cc(OC)c1OC. The zero-order valence-electron chi connectivity index (χ0n) is 22.8. The molecule has 3 heterocycles. The summed E-state index contributed by atoms with van der Waals surface area (Å²) in [5.41, 5.74) is 3.38. The molecule has 0 aliphatic heterocycles. The number of nitrogens with one attached hydrogen (secondary N) is 2. The average Bonchev–Trinajstić information content (AvgIpc) is 3.66. The van der Waals surface area contributed by atoms with Crippen LogP contribution in [0.4, 0.5) is 23.1 Å². The fourth-order valence-electron chi connectivity index (χ4n) is 4.20. The normalized spacial score (nSPS) is 10.8. The van der Waals surface area contributed by atoms with Gasteiger partial charge in [-0.3, -0.25) is 4.57 Å². The highest BCUT2D eigenvalue weighted by Crippen LogP contribution is 2.42. The molecule has 3 aromatic heterocycles. The summed E-state index contributed by atoms with van der Waals surface area (Å²) in [5, 5.41) is 10.6. The van der Waals surface area contributed by atoms with E-state index in [9.17, 15) is 0 Å². The van der Waals surface area contributed by atoms with Crippen molar-refractivity contribution in [3.63, 3.8) is 0 Å². The monoisotopic (exact) mass is 564 g/mol. The van der Waals surface area contributed by atoms with Crippen LogP contribution in [0.1, 0.15) is 0 Å². The van der Waals surface area contributed by atoms with Gasteiger partial charge in [0, 0.05) is 41.0 Å². The van der Waals surface area contributed by atoms with Crippen molar-refractivity contribution in [1.82, 2.24) is 19.5 Å². The predicted octanol–water partition coefficient (Wildman–Crippen LogP) is 5.42. The number of thiophene rings is 1. The second kappa shape index (κ2) is 11.5. The maximum absolute atomic E-state index is 5.52. The van der Waals surface area contributed by atoms with E-state index < -0.39 is 0 Å². The quantitative estimate of drug-likeness (QED) is 0.214. The van der Waals surface area contributed by atoms with E-state index >= 15 is 0 Å². The van der Waals surface area contributed by atoms with E-state index in [1.807, 2.05) is 21.4 Å². The van der Waals surface area contributed by atoms with E-state index in [1.165, 1.54) is 0 Å². The van der Waals surface area contributed by atoms with Crippen molar-refractivity contribution in [3.05, 3.63) is 47.4 Å². The summed E-state index contributed by atoms with van der Waals surface area (Å²) >= 11 is 1.58. The Morgan fingerprint density at radius 2 is 1.25 bits per heavy atom. The fourth-order valence-corrected chi connectivity index (χ4v) is 4.83. The van der Waals surface area contributed by atoms with Gasteiger partial charge >= 0.3 is 0 Å². The van der Waals surface area contributed by atoms with Gasteiger partial charge in [-0.05, 0) is 11.4 Å². The molecule has 40 heavy (non-hydrogen) atoms. The minimum Gasteiger partial charge on any atom is -0.493 e. The van der Waals surface area contributed by atoms with E-state index in [4.69, 9.17) is 38.4 Å². The number of imidazole rings is 1. The van der Waals surface area contributed by atoms with Gasteiger partial charge in [0.2, 0.25) is 17.4 Å². The molecule has 0 radical (unpaired) electrons. The molecule has 0 saturated carbocycles. The molecule has 0 bridgehead atoms. The highest BCUT2D eigenvalue weighted by molar-refractivity contribution is 7.08. The summed E-state index contributed by atoms with van der Waals surface area (Å²) < 4.78 is 34.9. The van der Waals surface area contributed by atoms with Crippen LogP contribution in [-0.2, 0) is 0 Å². The molecular weight excluding hydrogens is 536 g/mol. The Balaban J connectivity index is 1.63. The van der Waals surface area contributed by atoms with Crippen LogP contribution in [0.3, 0.4) is 0 Å². The van der Waals surface area contributed by atoms with Crippen molar-refractivity contribution < 1.29 is 28.4 Å². The van der Waals surface area contributed by atoms with E-state index in [2.05, 4.69) is 15.6 Å². The Morgan fingerprint density at radius 3 is 1.73 bits per heavy atom. The Morgan fingerprint density at radius 1 is 0.700 bits per heavy atom. The zero-order chi connectivity index (χ0) is 28.2. The Bertz CT molecular complexity index is 1590. The Kier molecular flexibility index (Phi) is 7.64. The maximum atomic E-state index is 5.52. The molecule has 2 aromatic carbocycles. The summed E-state index contributed by atoms with van der Waals surface area (Å²) in [6.07, 6.45) is 1.71. The van der Waals surface area contributed by atoms with E-state index in [0.717, 1.165) is 5.69 Å². The minimum atomic E-state index is 0.314. The number of methoxy groups -OCH3 is 6. The van der Waals surface area contributed by atoms with Crippen LogP contribution < -0.4 is 39.1 Å². The van der Waals surface area contributed by atoms with Gasteiger partial charge in [0.1, 0.15) is 6.33 Å². The van der Waals surface area contributed by atoms with Crippen LogP contribution in [0.25, 0.3) is 16.9 Å². The van der Waals surface area contributed by atoms with E-state index in [0.29, 0.717) is 68.8 Å². The number of hydrogen-bond donors (Lipinski definition) is 2. The molecule has 0 atom stereocenters. The second-order valence-corrected chi connectivity index (χ2v) is 9.02. The first-order valence-corrected chi connectivity index (χ1v) is 12.9. The van der Waals surface area contributed by atoms with Crippen molar-refractivity contribution in [2.75, 3.05) is 53.3 Å². The van der Waals surface area contributed by atoms with Gasteiger partial charge in [-0.1, -0.05) is 0 Å². The van der Waals surface area contributed by atoms with Crippen molar-refractivity contribution in [2.24, 2.45) is 0 Å². The average molecular weight is 565 g/mol. The lowest BCUT2D eigenvalue weighted by molar-refractivity contribution is 0.324. The van der Waals surface area contributed by atoms with Crippen LogP contribution in [0.5, 0.6) is 34.5 Å². The van der Waals surface area contributed by atoms with Crippen LogP contribution >= 0.6 is 11.3 Å². The maximum Gasteiger partial charge on any atom is 0.231 e. The third-order valence-corrected chi connectivity index (χ3v) is 6.70. The largest absolute Gasteiger partial charge is 0.493 e. The van der Waals surface area contributed by atoms with Gasteiger partial charge in [-0.15, -0.1) is 0 Å². The number of rotatable bonds is 11. The van der Waals surface area contributed by atoms with Gasteiger partial charge in [0.05, 0.1) is 48.3 Å². The summed E-state index contributed by atoms with van der Waals surface area (Å²) in [7, 11) is 9.35. The lowest BCUT2D eigenvalue weighted by Gasteiger charge is -2.16. The van der Waals surface area contributed by atoms with Crippen molar-refractivity contribution in [3.8, 4) is 40.2 Å². The number of aromatic nitrogens is 4. The topological polar surface area (TPSA) is 123 Å².